The van der Waals surface area contributed by atoms with E-state index in [4.69, 9.17) is 0 Å². The molecule has 6 nitrogen and oxygen atoms in total. The van der Waals surface area contributed by atoms with Crippen LogP contribution in [-0.2, 0) is 22.4 Å². The van der Waals surface area contributed by atoms with Crippen LogP contribution in [0.2, 0.25) is 0 Å². The summed E-state index contributed by atoms with van der Waals surface area (Å²) in [6, 6.07) is 2.00. The lowest BCUT2D eigenvalue weighted by Crippen LogP contribution is -2.37. The van der Waals surface area contributed by atoms with Gasteiger partial charge in [0.2, 0.25) is 11.8 Å². The van der Waals surface area contributed by atoms with E-state index < -0.39 is 5.41 Å². The number of carbonyl (C=O) groups is 2. The summed E-state index contributed by atoms with van der Waals surface area (Å²) in [5, 5.41) is 5.96. The van der Waals surface area contributed by atoms with Crippen LogP contribution in [0.15, 0.2) is 41.6 Å². The molecule has 0 unspecified atom stereocenters. The fraction of sp³-hybridized carbons (Fsp3) is 0.364. The minimum atomic E-state index is -0.455. The van der Waals surface area contributed by atoms with E-state index in [1.54, 1.807) is 29.7 Å². The molecule has 7 heteroatoms. The number of amides is 2. The third-order valence-electron chi connectivity index (χ3n) is 5.36. The maximum Gasteiger partial charge on any atom is 0.246 e. The van der Waals surface area contributed by atoms with Gasteiger partial charge in [-0.2, -0.15) is 0 Å². The van der Waals surface area contributed by atoms with Gasteiger partial charge in [0.25, 0.3) is 0 Å². The summed E-state index contributed by atoms with van der Waals surface area (Å²) in [4.78, 5) is 35.1. The molecule has 1 N–H and O–H groups in total. The van der Waals surface area contributed by atoms with Crippen molar-refractivity contribution in [1.82, 2.24) is 14.9 Å². The first-order valence-corrected chi connectivity index (χ1v) is 10.6. The molecule has 0 saturated carbocycles. The molecule has 2 amide bonds. The molecule has 29 heavy (non-hydrogen) atoms. The van der Waals surface area contributed by atoms with Gasteiger partial charge in [0.05, 0.1) is 5.01 Å². The topological polar surface area (TPSA) is 75.2 Å². The number of fused-ring (bicyclic) bond motifs is 1. The van der Waals surface area contributed by atoms with Crippen molar-refractivity contribution in [2.75, 3.05) is 18.4 Å². The summed E-state index contributed by atoms with van der Waals surface area (Å²) in [5.41, 5.74) is 2.75. The summed E-state index contributed by atoms with van der Waals surface area (Å²) in [6.45, 7) is 5.20. The standard InChI is InChI=1S/C22H24N4O2S/c1-22(2)13-17-11-16(14-24-20(17)25-21(22)28)3-4-19(27)26-8-5-15(6-9-26)12-18-23-7-10-29-18/h3-5,7,10-11,14H,6,8-9,12-13H2,1-2H3,(H,24,25,28)/b4-3+. The fourth-order valence-corrected chi connectivity index (χ4v) is 4.25. The molecule has 2 aromatic rings. The van der Waals surface area contributed by atoms with Gasteiger partial charge in [-0.25, -0.2) is 9.97 Å². The van der Waals surface area contributed by atoms with Crippen LogP contribution >= 0.6 is 11.3 Å². The number of hydrogen-bond donors (Lipinski definition) is 1. The number of thiazole rings is 1. The Labute approximate surface area is 174 Å². The fourth-order valence-electron chi connectivity index (χ4n) is 3.58. The van der Waals surface area contributed by atoms with E-state index in [9.17, 15) is 9.59 Å². The second-order valence-corrected chi connectivity index (χ2v) is 9.10. The van der Waals surface area contributed by atoms with Crippen LogP contribution in [0.4, 0.5) is 5.82 Å². The van der Waals surface area contributed by atoms with Crippen LogP contribution in [0.1, 0.15) is 36.4 Å². The number of aromatic nitrogens is 2. The van der Waals surface area contributed by atoms with Crippen LogP contribution in [0.3, 0.4) is 0 Å². The molecule has 0 aliphatic carbocycles. The van der Waals surface area contributed by atoms with Crippen molar-refractivity contribution < 1.29 is 9.59 Å². The van der Waals surface area contributed by atoms with Crippen molar-refractivity contribution in [3.05, 3.63) is 57.7 Å². The number of pyridine rings is 1. The Hall–Kier alpha value is -2.80. The average molecular weight is 409 g/mol. The SMILES string of the molecule is CC1(C)Cc2cc(/C=C/C(=O)N3CC=C(Cc4nccs4)CC3)cnc2NC1=O. The third kappa shape index (κ3) is 4.45. The summed E-state index contributed by atoms with van der Waals surface area (Å²) < 4.78 is 0. The molecule has 150 valence electrons. The van der Waals surface area contributed by atoms with E-state index in [2.05, 4.69) is 21.4 Å². The zero-order valence-corrected chi connectivity index (χ0v) is 17.5. The first kappa shape index (κ1) is 19.5. The van der Waals surface area contributed by atoms with Crippen LogP contribution in [0.5, 0.6) is 0 Å². The largest absolute Gasteiger partial charge is 0.335 e. The van der Waals surface area contributed by atoms with Crippen LogP contribution in [-0.4, -0.2) is 39.8 Å². The molecule has 4 heterocycles. The van der Waals surface area contributed by atoms with E-state index in [0.717, 1.165) is 35.5 Å². The minimum Gasteiger partial charge on any atom is -0.335 e. The average Bonchev–Trinajstić information content (AvgIpc) is 3.20. The Balaban J connectivity index is 1.38. The highest BCUT2D eigenvalue weighted by molar-refractivity contribution is 7.09. The quantitative estimate of drug-likeness (QED) is 0.621. The molecule has 4 rings (SSSR count). The van der Waals surface area contributed by atoms with Gasteiger partial charge in [-0.05, 0) is 36.1 Å². The highest BCUT2D eigenvalue weighted by atomic mass is 32.1. The monoisotopic (exact) mass is 408 g/mol. The molecule has 0 aromatic carbocycles. The van der Waals surface area contributed by atoms with Gasteiger partial charge >= 0.3 is 0 Å². The number of nitrogens with zero attached hydrogens (tertiary/aromatic N) is 3. The van der Waals surface area contributed by atoms with E-state index in [1.165, 1.54) is 5.57 Å². The summed E-state index contributed by atoms with van der Waals surface area (Å²) in [5.74, 6) is 0.607. The molecule has 0 fully saturated rings. The van der Waals surface area contributed by atoms with Crippen molar-refractivity contribution in [2.24, 2.45) is 5.41 Å². The van der Waals surface area contributed by atoms with Crippen molar-refractivity contribution in [3.63, 3.8) is 0 Å². The van der Waals surface area contributed by atoms with Gasteiger partial charge in [-0.15, -0.1) is 11.3 Å². The van der Waals surface area contributed by atoms with Gasteiger partial charge in [-0.3, -0.25) is 9.59 Å². The Morgan fingerprint density at radius 2 is 2.24 bits per heavy atom. The minimum absolute atomic E-state index is 0.000835. The maximum absolute atomic E-state index is 12.6. The lowest BCUT2D eigenvalue weighted by molar-refractivity contribution is -0.126. The number of rotatable bonds is 4. The van der Waals surface area contributed by atoms with E-state index in [0.29, 0.717) is 18.8 Å². The number of carbonyl (C=O) groups excluding carboxylic acids is 2. The Morgan fingerprint density at radius 1 is 1.38 bits per heavy atom. The zero-order valence-electron chi connectivity index (χ0n) is 16.6. The van der Waals surface area contributed by atoms with Gasteiger partial charge in [0, 0.05) is 48.8 Å². The van der Waals surface area contributed by atoms with Crippen LogP contribution in [0.25, 0.3) is 6.08 Å². The van der Waals surface area contributed by atoms with Crippen molar-refractivity contribution >= 4 is 35.0 Å². The second kappa shape index (κ2) is 7.91. The lowest BCUT2D eigenvalue weighted by atomic mass is 9.82. The van der Waals surface area contributed by atoms with Crippen LogP contribution < -0.4 is 5.32 Å². The molecule has 2 aliphatic heterocycles. The predicted octanol–water partition coefficient (Wildman–Crippen LogP) is 3.47. The number of anilines is 1. The summed E-state index contributed by atoms with van der Waals surface area (Å²) in [7, 11) is 0. The molecule has 0 atom stereocenters. The molecule has 2 aliphatic rings. The Bertz CT molecular complexity index is 992. The zero-order chi connectivity index (χ0) is 20.4. The molecule has 2 aromatic heterocycles. The lowest BCUT2D eigenvalue weighted by Gasteiger charge is -2.29. The maximum atomic E-state index is 12.6. The first-order chi connectivity index (χ1) is 13.9. The summed E-state index contributed by atoms with van der Waals surface area (Å²) >= 11 is 1.67. The molecule has 0 spiro atoms. The molecular formula is C22H24N4O2S. The number of nitrogens with one attached hydrogen (secondary N) is 1. The van der Waals surface area contributed by atoms with E-state index >= 15 is 0 Å². The first-order valence-electron chi connectivity index (χ1n) is 9.74. The number of hydrogen-bond acceptors (Lipinski definition) is 5. The van der Waals surface area contributed by atoms with Gasteiger partial charge in [0.15, 0.2) is 0 Å². The predicted molar refractivity (Wildman–Crippen MR) is 114 cm³/mol. The van der Waals surface area contributed by atoms with Crippen molar-refractivity contribution in [1.29, 1.82) is 0 Å². The summed E-state index contributed by atoms with van der Waals surface area (Å²) in [6.07, 6.45) is 11.5. The van der Waals surface area contributed by atoms with Gasteiger partial charge < -0.3 is 10.2 Å². The molecular weight excluding hydrogens is 384 g/mol. The molecule has 0 saturated heterocycles. The normalized spacial score (nSPS) is 18.3. The van der Waals surface area contributed by atoms with E-state index in [-0.39, 0.29) is 11.8 Å². The third-order valence-corrected chi connectivity index (χ3v) is 6.14. The molecule has 0 bridgehead atoms. The Morgan fingerprint density at radius 3 is 2.97 bits per heavy atom. The molecule has 0 radical (unpaired) electrons. The smallest absolute Gasteiger partial charge is 0.246 e. The van der Waals surface area contributed by atoms with E-state index in [1.807, 2.05) is 36.4 Å². The second-order valence-electron chi connectivity index (χ2n) is 8.12. The highest BCUT2D eigenvalue weighted by Gasteiger charge is 2.34. The Kier molecular flexibility index (Phi) is 5.32. The van der Waals surface area contributed by atoms with Gasteiger partial charge in [-0.1, -0.05) is 25.5 Å². The van der Waals surface area contributed by atoms with Gasteiger partial charge in [0.1, 0.15) is 5.82 Å². The van der Waals surface area contributed by atoms with Crippen molar-refractivity contribution in [3.8, 4) is 0 Å². The highest BCUT2D eigenvalue weighted by Crippen LogP contribution is 2.32. The van der Waals surface area contributed by atoms with Crippen molar-refractivity contribution in [2.45, 2.75) is 33.1 Å². The van der Waals surface area contributed by atoms with Crippen LogP contribution in [0, 0.1) is 5.41 Å².